The van der Waals surface area contributed by atoms with Crippen LogP contribution in [0.3, 0.4) is 0 Å². The lowest BCUT2D eigenvalue weighted by atomic mass is 10.1. The number of hydrogen-bond acceptors (Lipinski definition) is 3. The minimum absolute atomic E-state index is 0.0223. The molecule has 1 heterocycles. The molecule has 0 aliphatic carbocycles. The predicted octanol–water partition coefficient (Wildman–Crippen LogP) is 3.03. The van der Waals surface area contributed by atoms with Crippen molar-refractivity contribution in [1.29, 1.82) is 0 Å². The first-order valence-electron chi connectivity index (χ1n) is 8.22. The lowest BCUT2D eigenvalue weighted by Gasteiger charge is -2.17. The molecule has 2 aromatic carbocycles. The van der Waals surface area contributed by atoms with Gasteiger partial charge < -0.3 is 15.0 Å². The fourth-order valence-electron chi connectivity index (χ4n) is 2.78. The smallest absolute Gasteiger partial charge is 0.257 e. The third-order valence-corrected chi connectivity index (χ3v) is 4.37. The van der Waals surface area contributed by atoms with E-state index < -0.39 is 0 Å². The Morgan fingerprint density at radius 3 is 2.58 bits per heavy atom. The lowest BCUT2D eigenvalue weighted by Crippen LogP contribution is -2.34. The van der Waals surface area contributed by atoms with E-state index in [1.54, 1.807) is 29.2 Å². The number of ether oxygens (including phenoxy) is 1. The number of amides is 2. The van der Waals surface area contributed by atoms with Crippen LogP contribution in [0.1, 0.15) is 6.42 Å². The fourth-order valence-corrected chi connectivity index (χ4v) is 2.90. The SMILES string of the molecule is O=C(COc1ccc(F)cc1)NCC1CC(=O)N(c2ccc(Cl)cc2)C1. The van der Waals surface area contributed by atoms with E-state index in [1.165, 1.54) is 24.3 Å². The molecule has 3 rings (SSSR count). The molecule has 2 aromatic rings. The molecule has 1 saturated heterocycles. The molecule has 1 aliphatic heterocycles. The van der Waals surface area contributed by atoms with Crippen LogP contribution in [0.4, 0.5) is 10.1 Å². The van der Waals surface area contributed by atoms with Gasteiger partial charge in [-0.2, -0.15) is 0 Å². The molecule has 2 amide bonds. The van der Waals surface area contributed by atoms with E-state index in [9.17, 15) is 14.0 Å². The number of carbonyl (C=O) groups excluding carboxylic acids is 2. The number of rotatable bonds is 6. The Balaban J connectivity index is 1.44. The number of halogens is 2. The van der Waals surface area contributed by atoms with Crippen molar-refractivity contribution in [3.05, 3.63) is 59.4 Å². The van der Waals surface area contributed by atoms with Crippen LogP contribution in [-0.4, -0.2) is 31.5 Å². The summed E-state index contributed by atoms with van der Waals surface area (Å²) in [5, 5.41) is 3.39. The normalized spacial score (nSPS) is 16.6. The first kappa shape index (κ1) is 18.2. The summed E-state index contributed by atoms with van der Waals surface area (Å²) < 4.78 is 18.1. The van der Waals surface area contributed by atoms with Gasteiger partial charge in [0.2, 0.25) is 5.91 Å². The molecule has 0 spiro atoms. The van der Waals surface area contributed by atoms with Crippen molar-refractivity contribution in [2.45, 2.75) is 6.42 Å². The monoisotopic (exact) mass is 376 g/mol. The Labute approximate surface area is 155 Å². The number of carbonyl (C=O) groups is 2. The maximum absolute atomic E-state index is 12.8. The van der Waals surface area contributed by atoms with Gasteiger partial charge in [-0.25, -0.2) is 4.39 Å². The molecule has 1 unspecified atom stereocenters. The van der Waals surface area contributed by atoms with E-state index in [4.69, 9.17) is 16.3 Å². The van der Waals surface area contributed by atoms with Gasteiger partial charge in [-0.05, 0) is 48.5 Å². The predicted molar refractivity (Wildman–Crippen MR) is 96.8 cm³/mol. The number of hydrogen-bond donors (Lipinski definition) is 1. The molecule has 0 radical (unpaired) electrons. The zero-order valence-corrected chi connectivity index (χ0v) is 14.7. The second-order valence-corrected chi connectivity index (χ2v) is 6.53. The molecule has 0 aromatic heterocycles. The van der Waals surface area contributed by atoms with E-state index >= 15 is 0 Å². The topological polar surface area (TPSA) is 58.6 Å². The van der Waals surface area contributed by atoms with Crippen LogP contribution in [-0.2, 0) is 9.59 Å². The second-order valence-electron chi connectivity index (χ2n) is 6.10. The number of nitrogens with one attached hydrogen (secondary N) is 1. The molecular formula is C19H18ClFN2O3. The lowest BCUT2D eigenvalue weighted by molar-refractivity contribution is -0.123. The first-order valence-corrected chi connectivity index (χ1v) is 8.60. The van der Waals surface area contributed by atoms with Gasteiger partial charge >= 0.3 is 0 Å². The van der Waals surface area contributed by atoms with Crippen LogP contribution in [0.5, 0.6) is 5.75 Å². The minimum atomic E-state index is -0.363. The van der Waals surface area contributed by atoms with Crippen LogP contribution in [0.25, 0.3) is 0 Å². The molecule has 7 heteroatoms. The van der Waals surface area contributed by atoms with Gasteiger partial charge in [-0.3, -0.25) is 9.59 Å². The maximum Gasteiger partial charge on any atom is 0.257 e. The number of nitrogens with zero attached hydrogens (tertiary/aromatic N) is 1. The zero-order chi connectivity index (χ0) is 18.5. The summed E-state index contributed by atoms with van der Waals surface area (Å²) in [6.45, 7) is 0.772. The highest BCUT2D eigenvalue weighted by Gasteiger charge is 2.30. The van der Waals surface area contributed by atoms with E-state index in [-0.39, 0.29) is 30.2 Å². The third kappa shape index (κ3) is 4.73. The summed E-state index contributed by atoms with van der Waals surface area (Å²) >= 11 is 5.87. The average molecular weight is 377 g/mol. The van der Waals surface area contributed by atoms with Gasteiger partial charge in [0, 0.05) is 36.1 Å². The Morgan fingerprint density at radius 1 is 1.19 bits per heavy atom. The van der Waals surface area contributed by atoms with Crippen molar-refractivity contribution in [2.75, 3.05) is 24.6 Å². The van der Waals surface area contributed by atoms with E-state index in [0.717, 1.165) is 5.69 Å². The Bertz CT molecular complexity index is 780. The molecule has 0 saturated carbocycles. The van der Waals surface area contributed by atoms with Gasteiger partial charge in [0.25, 0.3) is 5.91 Å². The average Bonchev–Trinajstić information content (AvgIpc) is 3.01. The van der Waals surface area contributed by atoms with Crippen LogP contribution in [0, 0.1) is 11.7 Å². The van der Waals surface area contributed by atoms with Crippen molar-refractivity contribution in [2.24, 2.45) is 5.92 Å². The van der Waals surface area contributed by atoms with E-state index in [1.807, 2.05) is 0 Å². The van der Waals surface area contributed by atoms with Gasteiger partial charge in [0.15, 0.2) is 6.61 Å². The maximum atomic E-state index is 12.8. The highest BCUT2D eigenvalue weighted by molar-refractivity contribution is 6.30. The summed E-state index contributed by atoms with van der Waals surface area (Å²) in [6, 6.07) is 12.5. The van der Waals surface area contributed by atoms with Crippen LogP contribution in [0.15, 0.2) is 48.5 Å². The summed E-state index contributed by atoms with van der Waals surface area (Å²) in [7, 11) is 0. The fraction of sp³-hybridized carbons (Fsp3) is 0.263. The molecule has 1 atom stereocenters. The Kier molecular flexibility index (Phi) is 5.73. The molecule has 5 nitrogen and oxygen atoms in total. The molecule has 26 heavy (non-hydrogen) atoms. The van der Waals surface area contributed by atoms with Gasteiger partial charge in [-0.1, -0.05) is 11.6 Å². The van der Waals surface area contributed by atoms with Gasteiger partial charge in [-0.15, -0.1) is 0 Å². The molecule has 1 N–H and O–H groups in total. The summed E-state index contributed by atoms with van der Waals surface area (Å²) in [5.74, 6) is -0.168. The minimum Gasteiger partial charge on any atom is -0.484 e. The zero-order valence-electron chi connectivity index (χ0n) is 14.0. The van der Waals surface area contributed by atoms with Gasteiger partial charge in [0.05, 0.1) is 0 Å². The van der Waals surface area contributed by atoms with Gasteiger partial charge in [0.1, 0.15) is 11.6 Å². The van der Waals surface area contributed by atoms with Crippen LogP contribution >= 0.6 is 11.6 Å². The van der Waals surface area contributed by atoms with Crippen molar-refractivity contribution in [3.63, 3.8) is 0 Å². The van der Waals surface area contributed by atoms with Crippen molar-refractivity contribution >= 4 is 29.1 Å². The van der Waals surface area contributed by atoms with E-state index in [2.05, 4.69) is 5.32 Å². The summed E-state index contributed by atoms with van der Waals surface area (Å²) in [4.78, 5) is 25.8. The van der Waals surface area contributed by atoms with Crippen LogP contribution in [0.2, 0.25) is 5.02 Å². The summed E-state index contributed by atoms with van der Waals surface area (Å²) in [6.07, 6.45) is 0.377. The molecular weight excluding hydrogens is 359 g/mol. The number of benzene rings is 2. The molecule has 1 fully saturated rings. The quantitative estimate of drug-likeness (QED) is 0.843. The summed E-state index contributed by atoms with van der Waals surface area (Å²) in [5.41, 5.74) is 0.799. The van der Waals surface area contributed by atoms with Crippen molar-refractivity contribution < 1.29 is 18.7 Å². The Morgan fingerprint density at radius 2 is 1.88 bits per heavy atom. The highest BCUT2D eigenvalue weighted by Crippen LogP contribution is 2.25. The third-order valence-electron chi connectivity index (χ3n) is 4.11. The first-order chi connectivity index (χ1) is 12.5. The number of anilines is 1. The van der Waals surface area contributed by atoms with Crippen molar-refractivity contribution in [1.82, 2.24) is 5.32 Å². The largest absolute Gasteiger partial charge is 0.484 e. The molecule has 0 bridgehead atoms. The second kappa shape index (κ2) is 8.19. The van der Waals surface area contributed by atoms with Crippen LogP contribution < -0.4 is 15.0 Å². The van der Waals surface area contributed by atoms with Crippen molar-refractivity contribution in [3.8, 4) is 5.75 Å². The van der Waals surface area contributed by atoms with E-state index in [0.29, 0.717) is 30.3 Å². The highest BCUT2D eigenvalue weighted by atomic mass is 35.5. The molecule has 136 valence electrons. The Hall–Kier alpha value is -2.60. The standard InChI is InChI=1S/C19H18ClFN2O3/c20-14-1-5-16(6-2-14)23-11-13(9-19(23)25)10-22-18(24)12-26-17-7-3-15(21)4-8-17/h1-8,13H,9-12H2,(H,22,24). The molecule has 1 aliphatic rings.